The maximum atomic E-state index is 6.20. The molecule has 3 aromatic rings. The molecular formula is C25H30N4. The highest BCUT2D eigenvalue weighted by Crippen LogP contribution is 2.44. The Hall–Kier alpha value is -3.01. The number of aliphatic imine (C=N–C) groups is 1. The standard InChI is InChI=1S/C25H30N4/c1-4-28-16-17(2)14-23-22-13-10-19(26)15-24(22)29(21-6-5-7-21)25(23)18-8-11-20(27-3)12-9-18/h8-16,21,27H,4-7,26H2,1-3H3/b17-14+,28-16?. The summed E-state index contributed by atoms with van der Waals surface area (Å²) in [6.45, 7) is 4.98. The maximum absolute atomic E-state index is 6.20. The van der Waals surface area contributed by atoms with Crippen LogP contribution in [0.1, 0.15) is 44.7 Å². The van der Waals surface area contributed by atoms with Gasteiger partial charge < -0.3 is 15.6 Å². The Morgan fingerprint density at radius 2 is 1.97 bits per heavy atom. The molecule has 4 heteroatoms. The van der Waals surface area contributed by atoms with Crippen LogP contribution in [-0.2, 0) is 0 Å². The second kappa shape index (κ2) is 8.16. The smallest absolute Gasteiger partial charge is 0.0567 e. The van der Waals surface area contributed by atoms with Gasteiger partial charge in [0.25, 0.3) is 0 Å². The van der Waals surface area contributed by atoms with Crippen molar-refractivity contribution >= 4 is 34.6 Å². The Labute approximate surface area is 173 Å². The molecule has 3 N–H and O–H groups in total. The lowest BCUT2D eigenvalue weighted by Crippen LogP contribution is -2.17. The van der Waals surface area contributed by atoms with E-state index >= 15 is 0 Å². The van der Waals surface area contributed by atoms with E-state index in [0.717, 1.165) is 23.5 Å². The minimum Gasteiger partial charge on any atom is -0.399 e. The van der Waals surface area contributed by atoms with Crippen LogP contribution in [0.4, 0.5) is 11.4 Å². The third-order valence-corrected chi connectivity index (χ3v) is 5.80. The van der Waals surface area contributed by atoms with E-state index in [0.29, 0.717) is 6.04 Å². The number of nitrogens with two attached hydrogens (primary N) is 1. The van der Waals surface area contributed by atoms with Gasteiger partial charge in [-0.15, -0.1) is 0 Å². The molecule has 0 bridgehead atoms. The highest BCUT2D eigenvalue weighted by molar-refractivity contribution is 6.01. The summed E-state index contributed by atoms with van der Waals surface area (Å²) in [6.07, 6.45) is 7.98. The van der Waals surface area contributed by atoms with Crippen molar-refractivity contribution in [2.45, 2.75) is 39.2 Å². The third kappa shape index (κ3) is 3.67. The largest absolute Gasteiger partial charge is 0.399 e. The molecule has 29 heavy (non-hydrogen) atoms. The monoisotopic (exact) mass is 386 g/mol. The summed E-state index contributed by atoms with van der Waals surface area (Å²) in [5.74, 6) is 0. The molecule has 0 aliphatic heterocycles. The lowest BCUT2D eigenvalue weighted by atomic mass is 9.92. The van der Waals surface area contributed by atoms with E-state index in [1.807, 2.05) is 19.3 Å². The van der Waals surface area contributed by atoms with E-state index in [4.69, 9.17) is 5.73 Å². The van der Waals surface area contributed by atoms with Crippen molar-refractivity contribution in [2.24, 2.45) is 4.99 Å². The van der Waals surface area contributed by atoms with Crippen LogP contribution in [0.2, 0.25) is 0 Å². The lowest BCUT2D eigenvalue weighted by Gasteiger charge is -2.30. The molecule has 0 unspecified atom stereocenters. The first-order valence-electron chi connectivity index (χ1n) is 10.5. The Bertz CT molecular complexity index is 1070. The number of nitrogens with zero attached hydrogens (tertiary/aromatic N) is 2. The van der Waals surface area contributed by atoms with Crippen LogP contribution in [0.15, 0.2) is 53.0 Å². The molecule has 0 saturated heterocycles. The molecule has 0 radical (unpaired) electrons. The zero-order valence-corrected chi connectivity index (χ0v) is 17.6. The van der Waals surface area contributed by atoms with Gasteiger partial charge in [0, 0.05) is 48.2 Å². The number of fused-ring (bicyclic) bond motifs is 1. The Morgan fingerprint density at radius 1 is 1.21 bits per heavy atom. The lowest BCUT2D eigenvalue weighted by molar-refractivity contribution is 0.324. The van der Waals surface area contributed by atoms with Crippen LogP contribution < -0.4 is 11.1 Å². The number of aromatic nitrogens is 1. The van der Waals surface area contributed by atoms with Gasteiger partial charge in [0.1, 0.15) is 0 Å². The van der Waals surface area contributed by atoms with Crippen molar-refractivity contribution in [3.8, 4) is 11.3 Å². The summed E-state index contributed by atoms with van der Waals surface area (Å²) in [6, 6.07) is 15.6. The molecule has 4 nitrogen and oxygen atoms in total. The average Bonchev–Trinajstić information content (AvgIpc) is 2.98. The quantitative estimate of drug-likeness (QED) is 0.394. The number of hydrogen-bond acceptors (Lipinski definition) is 3. The summed E-state index contributed by atoms with van der Waals surface area (Å²) in [4.78, 5) is 4.43. The molecule has 1 heterocycles. The topological polar surface area (TPSA) is 55.3 Å². The molecule has 0 spiro atoms. The van der Waals surface area contributed by atoms with Crippen molar-refractivity contribution < 1.29 is 0 Å². The molecular weight excluding hydrogens is 356 g/mol. The summed E-state index contributed by atoms with van der Waals surface area (Å²) in [5, 5.41) is 4.47. The van der Waals surface area contributed by atoms with Crippen LogP contribution in [0, 0.1) is 0 Å². The molecule has 1 saturated carbocycles. The van der Waals surface area contributed by atoms with Gasteiger partial charge in [-0.3, -0.25) is 4.99 Å². The molecule has 1 aromatic heterocycles. The second-order valence-corrected chi connectivity index (χ2v) is 7.84. The van der Waals surface area contributed by atoms with E-state index in [1.165, 1.54) is 47.0 Å². The van der Waals surface area contributed by atoms with Crippen LogP contribution in [0.5, 0.6) is 0 Å². The SMILES string of the molecule is CCN=C/C(C)=C/c1c(-c2ccc(NC)cc2)n(C2CCC2)c2cc(N)ccc12. The Kier molecular flexibility index (Phi) is 5.43. The Balaban J connectivity index is 2.01. The van der Waals surface area contributed by atoms with Crippen molar-refractivity contribution in [1.29, 1.82) is 0 Å². The minimum atomic E-state index is 0.532. The van der Waals surface area contributed by atoms with Crippen LogP contribution in [0.3, 0.4) is 0 Å². The first-order valence-corrected chi connectivity index (χ1v) is 10.5. The number of benzene rings is 2. The van der Waals surface area contributed by atoms with Gasteiger partial charge in [-0.1, -0.05) is 18.2 Å². The minimum absolute atomic E-state index is 0.532. The Morgan fingerprint density at radius 3 is 2.59 bits per heavy atom. The predicted octanol–water partition coefficient (Wildman–Crippen LogP) is 6.15. The van der Waals surface area contributed by atoms with E-state index in [1.54, 1.807) is 0 Å². The van der Waals surface area contributed by atoms with E-state index in [-0.39, 0.29) is 0 Å². The van der Waals surface area contributed by atoms with Crippen LogP contribution in [0.25, 0.3) is 28.2 Å². The fourth-order valence-corrected chi connectivity index (χ4v) is 4.11. The van der Waals surface area contributed by atoms with Gasteiger partial charge in [0.2, 0.25) is 0 Å². The van der Waals surface area contributed by atoms with E-state index < -0.39 is 0 Å². The second-order valence-electron chi connectivity index (χ2n) is 7.84. The number of nitrogen functional groups attached to an aromatic ring is 1. The van der Waals surface area contributed by atoms with Gasteiger partial charge in [-0.2, -0.15) is 0 Å². The fourth-order valence-electron chi connectivity index (χ4n) is 4.11. The molecule has 1 aliphatic rings. The first-order chi connectivity index (χ1) is 14.1. The molecule has 1 fully saturated rings. The van der Waals surface area contributed by atoms with Crippen molar-refractivity contribution in [3.63, 3.8) is 0 Å². The zero-order valence-electron chi connectivity index (χ0n) is 17.6. The van der Waals surface area contributed by atoms with Crippen molar-refractivity contribution in [2.75, 3.05) is 24.6 Å². The van der Waals surface area contributed by atoms with Crippen LogP contribution >= 0.6 is 0 Å². The summed E-state index contributed by atoms with van der Waals surface area (Å²) in [7, 11) is 1.95. The third-order valence-electron chi connectivity index (χ3n) is 5.80. The maximum Gasteiger partial charge on any atom is 0.0567 e. The molecule has 2 aromatic carbocycles. The molecule has 0 amide bonds. The fraction of sp³-hybridized carbons (Fsp3) is 0.320. The van der Waals surface area contributed by atoms with Crippen LogP contribution in [-0.4, -0.2) is 24.4 Å². The van der Waals surface area contributed by atoms with Gasteiger partial charge in [0.15, 0.2) is 0 Å². The molecule has 0 atom stereocenters. The first kappa shape index (κ1) is 19.3. The van der Waals surface area contributed by atoms with Crippen molar-refractivity contribution in [3.05, 3.63) is 53.6 Å². The van der Waals surface area contributed by atoms with Gasteiger partial charge >= 0.3 is 0 Å². The number of hydrogen-bond donors (Lipinski definition) is 2. The molecule has 4 rings (SSSR count). The summed E-state index contributed by atoms with van der Waals surface area (Å²) < 4.78 is 2.53. The average molecular weight is 387 g/mol. The van der Waals surface area contributed by atoms with Gasteiger partial charge in [0.05, 0.1) is 11.2 Å². The zero-order chi connectivity index (χ0) is 20.4. The normalized spacial score (nSPS) is 15.2. The molecule has 150 valence electrons. The number of allylic oxidation sites excluding steroid dienone is 1. The predicted molar refractivity (Wildman–Crippen MR) is 127 cm³/mol. The highest BCUT2D eigenvalue weighted by atomic mass is 15.0. The number of nitrogens with one attached hydrogen (secondary N) is 1. The van der Waals surface area contributed by atoms with Crippen molar-refractivity contribution in [1.82, 2.24) is 4.57 Å². The van der Waals surface area contributed by atoms with E-state index in [9.17, 15) is 0 Å². The van der Waals surface area contributed by atoms with E-state index in [2.05, 4.69) is 71.2 Å². The number of anilines is 2. The summed E-state index contributed by atoms with van der Waals surface area (Å²) >= 11 is 0. The highest BCUT2D eigenvalue weighted by Gasteiger charge is 2.27. The van der Waals surface area contributed by atoms with Gasteiger partial charge in [-0.25, -0.2) is 0 Å². The summed E-state index contributed by atoms with van der Waals surface area (Å²) in [5.41, 5.74) is 14.3. The molecule has 1 aliphatic carbocycles. The van der Waals surface area contributed by atoms with Gasteiger partial charge in [-0.05, 0) is 74.6 Å². The number of rotatable bonds is 6.